The van der Waals surface area contributed by atoms with Crippen molar-refractivity contribution in [3.63, 3.8) is 0 Å². The van der Waals surface area contributed by atoms with Gasteiger partial charge in [-0.15, -0.1) is 0 Å². The Hall–Kier alpha value is -2.28. The minimum absolute atomic E-state index is 0.284. The Morgan fingerprint density at radius 1 is 1.10 bits per heavy atom. The molecule has 0 aromatic carbocycles. The Labute approximate surface area is 175 Å². The molecule has 5 atom stereocenters. The van der Waals surface area contributed by atoms with Gasteiger partial charge in [-0.1, -0.05) is 0 Å². The van der Waals surface area contributed by atoms with Gasteiger partial charge < -0.3 is 42.3 Å². The van der Waals surface area contributed by atoms with Crippen molar-refractivity contribution in [3.05, 3.63) is 0 Å². The number of amides is 3. The maximum absolute atomic E-state index is 12.7. The summed E-state index contributed by atoms with van der Waals surface area (Å²) in [5.41, 5.74) is 5.48. The molecule has 0 saturated carbocycles. The third-order valence-corrected chi connectivity index (χ3v) is 4.82. The lowest BCUT2D eigenvalue weighted by molar-refractivity contribution is -0.145. The van der Waals surface area contributed by atoms with Crippen LogP contribution in [0, 0.1) is 0 Å². The summed E-state index contributed by atoms with van der Waals surface area (Å²) < 4.78 is 0. The molecule has 0 radical (unpaired) electrons. The van der Waals surface area contributed by atoms with Crippen molar-refractivity contribution >= 4 is 23.7 Å². The number of hydrogen-bond acceptors (Lipinski definition) is 8. The third kappa shape index (κ3) is 8.22. The van der Waals surface area contributed by atoms with Crippen LogP contribution in [0.5, 0.6) is 0 Å². The van der Waals surface area contributed by atoms with Gasteiger partial charge in [0, 0.05) is 0 Å². The van der Waals surface area contributed by atoms with Gasteiger partial charge in [0.15, 0.2) is 6.04 Å². The van der Waals surface area contributed by atoms with Crippen molar-refractivity contribution < 1.29 is 34.5 Å². The number of carbonyl (C=O) groups excluding carboxylic acids is 3. The van der Waals surface area contributed by atoms with Gasteiger partial charge in [0.1, 0.15) is 12.1 Å². The van der Waals surface area contributed by atoms with Crippen LogP contribution in [0.1, 0.15) is 39.0 Å². The summed E-state index contributed by atoms with van der Waals surface area (Å²) in [4.78, 5) is 48.5. The standard InChI is InChI=1S/C18H33N5O7/c1-10(25)14(18(29)30)23-17(28)13(9-24)22-16(27)12(5-2-3-7-19)21-15(26)11-6-4-8-20-11/h10-14,20,24-25H,2-9,19H2,1H3,(H,21,26)(H,22,27)(H,23,28)(H,29,30). The summed E-state index contributed by atoms with van der Waals surface area (Å²) in [6.07, 6.45) is 1.60. The van der Waals surface area contributed by atoms with Crippen LogP contribution < -0.4 is 27.0 Å². The molecule has 1 aliphatic heterocycles. The first-order chi connectivity index (χ1) is 14.2. The van der Waals surface area contributed by atoms with E-state index in [1.165, 1.54) is 6.92 Å². The van der Waals surface area contributed by atoms with E-state index in [0.717, 1.165) is 6.42 Å². The number of nitrogens with two attached hydrogens (primary N) is 1. The second kappa shape index (κ2) is 13.1. The highest BCUT2D eigenvalue weighted by Crippen LogP contribution is 2.07. The fourth-order valence-corrected chi connectivity index (χ4v) is 3.05. The van der Waals surface area contributed by atoms with Crippen molar-refractivity contribution in [2.75, 3.05) is 19.7 Å². The van der Waals surface area contributed by atoms with Crippen LogP contribution >= 0.6 is 0 Å². The van der Waals surface area contributed by atoms with E-state index in [0.29, 0.717) is 32.4 Å². The Morgan fingerprint density at radius 2 is 1.77 bits per heavy atom. The van der Waals surface area contributed by atoms with Crippen LogP contribution in [-0.2, 0) is 19.2 Å². The number of carboxylic acid groups (broad SMARTS) is 1. The number of hydrogen-bond donors (Lipinski definition) is 8. The first-order valence-electron chi connectivity index (χ1n) is 10.1. The number of rotatable bonds is 13. The summed E-state index contributed by atoms with van der Waals surface area (Å²) in [7, 11) is 0. The van der Waals surface area contributed by atoms with Crippen molar-refractivity contribution in [3.8, 4) is 0 Å². The third-order valence-electron chi connectivity index (χ3n) is 4.82. The minimum Gasteiger partial charge on any atom is -0.480 e. The Morgan fingerprint density at radius 3 is 2.27 bits per heavy atom. The minimum atomic E-state index is -1.60. The summed E-state index contributed by atoms with van der Waals surface area (Å²) in [6, 6.07) is -4.39. The molecular formula is C18H33N5O7. The highest BCUT2D eigenvalue weighted by molar-refractivity contribution is 5.94. The predicted molar refractivity (Wildman–Crippen MR) is 106 cm³/mol. The Kier molecular flexibility index (Phi) is 11.3. The Bertz CT molecular complexity index is 595. The highest BCUT2D eigenvalue weighted by atomic mass is 16.4. The molecular weight excluding hydrogens is 398 g/mol. The molecule has 12 heteroatoms. The predicted octanol–water partition coefficient (Wildman–Crippen LogP) is -3.22. The summed E-state index contributed by atoms with van der Waals surface area (Å²) >= 11 is 0. The molecule has 5 unspecified atom stereocenters. The van der Waals surface area contributed by atoms with Gasteiger partial charge in [-0.25, -0.2) is 4.79 Å². The molecule has 1 saturated heterocycles. The maximum atomic E-state index is 12.7. The normalized spacial score (nSPS) is 19.9. The zero-order valence-corrected chi connectivity index (χ0v) is 17.1. The van der Waals surface area contributed by atoms with Gasteiger partial charge >= 0.3 is 5.97 Å². The van der Waals surface area contributed by atoms with Gasteiger partial charge in [-0.05, 0) is 52.1 Å². The van der Waals surface area contributed by atoms with Gasteiger partial charge in [-0.3, -0.25) is 14.4 Å². The zero-order valence-electron chi connectivity index (χ0n) is 17.1. The van der Waals surface area contributed by atoms with E-state index >= 15 is 0 Å². The number of nitrogens with one attached hydrogen (secondary N) is 4. The maximum Gasteiger partial charge on any atom is 0.328 e. The first-order valence-corrected chi connectivity index (χ1v) is 10.1. The number of aliphatic hydroxyl groups excluding tert-OH is 2. The number of carbonyl (C=O) groups is 4. The van der Waals surface area contributed by atoms with Gasteiger partial charge in [0.25, 0.3) is 0 Å². The molecule has 1 rings (SSSR count). The van der Waals surface area contributed by atoms with E-state index < -0.39 is 54.7 Å². The van der Waals surface area contributed by atoms with Crippen LogP contribution in [0.15, 0.2) is 0 Å². The quantitative estimate of drug-likeness (QED) is 0.138. The van der Waals surface area contributed by atoms with Crippen molar-refractivity contribution in [2.24, 2.45) is 5.73 Å². The van der Waals surface area contributed by atoms with E-state index in [2.05, 4.69) is 21.3 Å². The number of aliphatic carboxylic acids is 1. The first kappa shape index (κ1) is 25.8. The SMILES string of the molecule is CC(O)C(NC(=O)C(CO)NC(=O)C(CCCCN)NC(=O)C1CCCN1)C(=O)O. The summed E-state index contributed by atoms with van der Waals surface area (Å²) in [5, 5.41) is 38.1. The molecule has 1 aliphatic rings. The van der Waals surface area contributed by atoms with Crippen LogP contribution in [0.3, 0.4) is 0 Å². The van der Waals surface area contributed by atoms with Crippen LogP contribution in [0.2, 0.25) is 0 Å². The topological polar surface area (TPSA) is 203 Å². The van der Waals surface area contributed by atoms with E-state index in [1.807, 2.05) is 0 Å². The van der Waals surface area contributed by atoms with Crippen molar-refractivity contribution in [1.29, 1.82) is 0 Å². The smallest absolute Gasteiger partial charge is 0.328 e. The number of aliphatic hydroxyl groups is 2. The fourth-order valence-electron chi connectivity index (χ4n) is 3.05. The van der Waals surface area contributed by atoms with Gasteiger partial charge in [0.05, 0.1) is 18.8 Å². The van der Waals surface area contributed by atoms with Crippen molar-refractivity contribution in [1.82, 2.24) is 21.3 Å². The average molecular weight is 431 g/mol. The molecule has 9 N–H and O–H groups in total. The van der Waals surface area contributed by atoms with Crippen LogP contribution in [0.4, 0.5) is 0 Å². The lowest BCUT2D eigenvalue weighted by atomic mass is 10.1. The monoisotopic (exact) mass is 431 g/mol. The summed E-state index contributed by atoms with van der Waals surface area (Å²) in [6.45, 7) is 1.52. The van der Waals surface area contributed by atoms with E-state index in [1.54, 1.807) is 0 Å². The second-order valence-electron chi connectivity index (χ2n) is 7.30. The molecule has 0 aliphatic carbocycles. The summed E-state index contributed by atoms with van der Waals surface area (Å²) in [5.74, 6) is -3.44. The highest BCUT2D eigenvalue weighted by Gasteiger charge is 2.32. The second-order valence-corrected chi connectivity index (χ2v) is 7.30. The number of unbranched alkanes of at least 4 members (excludes halogenated alkanes) is 1. The molecule has 172 valence electrons. The molecule has 0 spiro atoms. The van der Waals surface area contributed by atoms with E-state index in [4.69, 9.17) is 10.8 Å². The molecule has 1 heterocycles. The molecule has 12 nitrogen and oxygen atoms in total. The van der Waals surface area contributed by atoms with Gasteiger partial charge in [-0.2, -0.15) is 0 Å². The van der Waals surface area contributed by atoms with Gasteiger partial charge in [0.2, 0.25) is 17.7 Å². The number of carboxylic acids is 1. The Balaban J connectivity index is 2.77. The zero-order chi connectivity index (χ0) is 22.7. The molecule has 30 heavy (non-hydrogen) atoms. The molecule has 1 fully saturated rings. The largest absolute Gasteiger partial charge is 0.480 e. The molecule has 3 amide bonds. The van der Waals surface area contributed by atoms with Crippen LogP contribution in [0.25, 0.3) is 0 Å². The van der Waals surface area contributed by atoms with E-state index in [9.17, 15) is 29.4 Å². The lowest BCUT2D eigenvalue weighted by Crippen LogP contribution is -2.59. The molecule has 0 aromatic heterocycles. The molecule has 0 aromatic rings. The van der Waals surface area contributed by atoms with Crippen molar-refractivity contribution in [2.45, 2.75) is 69.3 Å². The average Bonchev–Trinajstić information content (AvgIpc) is 3.23. The van der Waals surface area contributed by atoms with Crippen LogP contribution in [-0.4, -0.2) is 89.0 Å². The lowest BCUT2D eigenvalue weighted by Gasteiger charge is -2.25. The fraction of sp³-hybridized carbons (Fsp3) is 0.778. The van der Waals surface area contributed by atoms with E-state index in [-0.39, 0.29) is 12.3 Å². The molecule has 0 bridgehead atoms.